The second kappa shape index (κ2) is 13.8. The second-order valence-corrected chi connectivity index (χ2v) is 8.24. The smallest absolute Gasteiger partial charge is 0.329 e. The van der Waals surface area contributed by atoms with Crippen molar-refractivity contribution >= 4 is 40.4 Å². The number of anilines is 1. The number of nitrogens with zero attached hydrogens (tertiary/aromatic N) is 1. The number of fused-ring (bicyclic) bond motifs is 1. The van der Waals surface area contributed by atoms with Gasteiger partial charge >= 0.3 is 11.9 Å². The third-order valence-corrected chi connectivity index (χ3v) is 5.54. The van der Waals surface area contributed by atoms with Gasteiger partial charge in [0.2, 0.25) is 5.91 Å². The summed E-state index contributed by atoms with van der Waals surface area (Å²) in [6.07, 6.45) is 0.757. The van der Waals surface area contributed by atoms with Crippen LogP contribution in [0.25, 0.3) is 11.0 Å². The predicted molar refractivity (Wildman–Crippen MR) is 140 cm³/mol. The Bertz CT molecular complexity index is 1220. The van der Waals surface area contributed by atoms with Crippen LogP contribution in [-0.2, 0) is 23.9 Å². The van der Waals surface area contributed by atoms with E-state index in [0.717, 1.165) is 5.39 Å². The van der Waals surface area contributed by atoms with Crippen LogP contribution in [0.5, 0.6) is 5.75 Å². The molecule has 0 aliphatic carbocycles. The van der Waals surface area contributed by atoms with Crippen molar-refractivity contribution in [1.82, 2.24) is 5.32 Å². The number of amides is 2. The summed E-state index contributed by atoms with van der Waals surface area (Å²) >= 11 is 0. The van der Waals surface area contributed by atoms with Gasteiger partial charge < -0.3 is 23.9 Å². The van der Waals surface area contributed by atoms with Crippen molar-refractivity contribution in [3.05, 3.63) is 60.4 Å². The Kier molecular flexibility index (Phi) is 10.3. The molecule has 10 heteroatoms. The van der Waals surface area contributed by atoms with Gasteiger partial charge in [-0.1, -0.05) is 18.2 Å². The lowest BCUT2D eigenvalue weighted by molar-refractivity contribution is -0.145. The van der Waals surface area contributed by atoms with Gasteiger partial charge in [-0.15, -0.1) is 0 Å². The summed E-state index contributed by atoms with van der Waals surface area (Å²) in [5, 5.41) is 3.63. The Morgan fingerprint density at radius 2 is 1.74 bits per heavy atom. The van der Waals surface area contributed by atoms with Crippen LogP contribution in [-0.4, -0.2) is 56.2 Å². The predicted octanol–water partition coefficient (Wildman–Crippen LogP) is 3.87. The van der Waals surface area contributed by atoms with Gasteiger partial charge in [-0.2, -0.15) is 0 Å². The molecule has 1 atom stereocenters. The largest absolute Gasteiger partial charge is 0.492 e. The number of rotatable bonds is 9. The van der Waals surface area contributed by atoms with Crippen molar-refractivity contribution in [1.29, 1.82) is 0 Å². The number of nitrogens with one attached hydrogen (secondary N) is 1. The number of carbonyl (C=O) groups is 4. The molecule has 0 spiro atoms. The van der Waals surface area contributed by atoms with E-state index in [1.54, 1.807) is 44.2 Å². The molecule has 38 heavy (non-hydrogen) atoms. The van der Waals surface area contributed by atoms with Crippen molar-refractivity contribution in [3.63, 3.8) is 0 Å². The molecule has 202 valence electrons. The normalized spacial score (nSPS) is 14.4. The average molecular weight is 525 g/mol. The first kappa shape index (κ1) is 28.2. The fourth-order valence-electron chi connectivity index (χ4n) is 3.89. The minimum absolute atomic E-state index is 0.106. The Balaban J connectivity index is 0.000000599. The Labute approximate surface area is 220 Å². The standard InChI is InChI=1S/C24H24N2O6.C4H8O2/c1-2-30-24(29)19-11-12-22(27)26(19)17-7-9-18(10-8-17)31-14-13-25-23(28)21-15-16-5-3-4-6-20(16)32-21;1-3-6-4(2)5/h3-10,15,19H,2,11-14H2,1H3,(H,25,28);3H2,1-2H3. The number of esters is 2. The van der Waals surface area contributed by atoms with Crippen molar-refractivity contribution < 1.29 is 37.8 Å². The van der Waals surface area contributed by atoms with E-state index >= 15 is 0 Å². The molecule has 1 fully saturated rings. The third kappa shape index (κ3) is 7.58. The molecule has 0 bridgehead atoms. The van der Waals surface area contributed by atoms with Gasteiger partial charge in [0.15, 0.2) is 5.76 Å². The van der Waals surface area contributed by atoms with E-state index in [1.165, 1.54) is 11.8 Å². The van der Waals surface area contributed by atoms with Crippen LogP contribution in [0.1, 0.15) is 44.2 Å². The SMILES string of the molecule is CCOC(=O)C1CCC(=O)N1c1ccc(OCCNC(=O)c2cc3ccccc3o2)cc1.CCOC(C)=O. The maximum atomic E-state index is 12.3. The second-order valence-electron chi connectivity index (χ2n) is 8.24. The average Bonchev–Trinajstić information content (AvgIpc) is 3.51. The van der Waals surface area contributed by atoms with Crippen LogP contribution in [0, 0.1) is 0 Å². The number of carbonyl (C=O) groups excluding carboxylic acids is 4. The molecule has 0 saturated carbocycles. The Hall–Kier alpha value is -4.34. The molecule has 1 aromatic heterocycles. The van der Waals surface area contributed by atoms with Crippen LogP contribution >= 0.6 is 0 Å². The van der Waals surface area contributed by atoms with Crippen LogP contribution in [0.15, 0.2) is 59.0 Å². The van der Waals surface area contributed by atoms with Gasteiger partial charge in [-0.25, -0.2) is 4.79 Å². The minimum Gasteiger partial charge on any atom is -0.492 e. The first-order valence-electron chi connectivity index (χ1n) is 12.5. The van der Waals surface area contributed by atoms with Crippen LogP contribution in [0.3, 0.4) is 0 Å². The zero-order valence-electron chi connectivity index (χ0n) is 21.7. The van der Waals surface area contributed by atoms with E-state index in [1.807, 2.05) is 24.3 Å². The summed E-state index contributed by atoms with van der Waals surface area (Å²) in [6, 6.07) is 15.5. The fourth-order valence-corrected chi connectivity index (χ4v) is 3.89. The van der Waals surface area contributed by atoms with E-state index in [9.17, 15) is 19.2 Å². The van der Waals surface area contributed by atoms with Gasteiger partial charge in [0.25, 0.3) is 5.91 Å². The molecule has 0 radical (unpaired) electrons. The summed E-state index contributed by atoms with van der Waals surface area (Å²) in [6.45, 7) is 6.23. The molecular formula is C28H32N2O8. The van der Waals surface area contributed by atoms with Gasteiger partial charge in [-0.3, -0.25) is 19.3 Å². The molecular weight excluding hydrogens is 492 g/mol. The summed E-state index contributed by atoms with van der Waals surface area (Å²) in [4.78, 5) is 48.0. The van der Waals surface area contributed by atoms with Crippen LogP contribution in [0.4, 0.5) is 5.69 Å². The lowest BCUT2D eigenvalue weighted by Gasteiger charge is -2.23. The summed E-state index contributed by atoms with van der Waals surface area (Å²) < 4.78 is 20.7. The highest BCUT2D eigenvalue weighted by Gasteiger charge is 2.38. The number of para-hydroxylation sites is 1. The first-order valence-corrected chi connectivity index (χ1v) is 12.5. The van der Waals surface area contributed by atoms with Gasteiger partial charge in [-0.05, 0) is 56.7 Å². The molecule has 3 aromatic rings. The lowest BCUT2D eigenvalue weighted by Crippen LogP contribution is -2.39. The maximum absolute atomic E-state index is 12.3. The molecule has 2 amide bonds. The number of benzene rings is 2. The molecule has 1 N–H and O–H groups in total. The number of furan rings is 1. The molecule has 2 heterocycles. The highest BCUT2D eigenvalue weighted by molar-refractivity contribution is 6.02. The fraction of sp³-hybridized carbons (Fsp3) is 0.357. The molecule has 1 aliphatic rings. The van der Waals surface area contributed by atoms with Crippen molar-refractivity contribution in [3.8, 4) is 5.75 Å². The van der Waals surface area contributed by atoms with Gasteiger partial charge in [0, 0.05) is 24.4 Å². The van der Waals surface area contributed by atoms with Crippen LogP contribution < -0.4 is 15.0 Å². The van der Waals surface area contributed by atoms with Gasteiger partial charge in [0.05, 0.1) is 19.8 Å². The highest BCUT2D eigenvalue weighted by atomic mass is 16.5. The lowest BCUT2D eigenvalue weighted by atomic mass is 10.2. The molecule has 2 aromatic carbocycles. The number of hydrogen-bond donors (Lipinski definition) is 1. The number of ether oxygens (including phenoxy) is 3. The van der Waals surface area contributed by atoms with Crippen molar-refractivity contribution in [2.24, 2.45) is 0 Å². The van der Waals surface area contributed by atoms with Crippen LogP contribution in [0.2, 0.25) is 0 Å². The van der Waals surface area contributed by atoms with Crippen molar-refractivity contribution in [2.75, 3.05) is 31.3 Å². The van der Waals surface area contributed by atoms with E-state index < -0.39 is 6.04 Å². The molecule has 1 aliphatic heterocycles. The zero-order chi connectivity index (χ0) is 27.5. The topological polar surface area (TPSA) is 124 Å². The monoisotopic (exact) mass is 524 g/mol. The third-order valence-electron chi connectivity index (χ3n) is 5.54. The van der Waals surface area contributed by atoms with Crippen molar-refractivity contribution in [2.45, 2.75) is 39.7 Å². The van der Waals surface area contributed by atoms with E-state index in [0.29, 0.717) is 43.0 Å². The highest BCUT2D eigenvalue weighted by Crippen LogP contribution is 2.29. The Morgan fingerprint density at radius 1 is 1.03 bits per heavy atom. The zero-order valence-corrected chi connectivity index (χ0v) is 21.7. The first-order chi connectivity index (χ1) is 18.3. The van der Waals surface area contributed by atoms with E-state index in [-0.39, 0.29) is 42.7 Å². The summed E-state index contributed by atoms with van der Waals surface area (Å²) in [5.74, 6) is -0.174. The molecule has 1 unspecified atom stereocenters. The molecule has 4 rings (SSSR count). The summed E-state index contributed by atoms with van der Waals surface area (Å²) in [5.41, 5.74) is 1.28. The molecule has 1 saturated heterocycles. The van der Waals surface area contributed by atoms with E-state index in [2.05, 4.69) is 10.1 Å². The number of hydrogen-bond acceptors (Lipinski definition) is 8. The quantitative estimate of drug-likeness (QED) is 0.330. The maximum Gasteiger partial charge on any atom is 0.329 e. The van der Waals surface area contributed by atoms with E-state index in [4.69, 9.17) is 13.9 Å². The summed E-state index contributed by atoms with van der Waals surface area (Å²) in [7, 11) is 0. The molecule has 10 nitrogen and oxygen atoms in total. The Morgan fingerprint density at radius 3 is 2.37 bits per heavy atom. The minimum atomic E-state index is -0.595. The van der Waals surface area contributed by atoms with Gasteiger partial charge in [0.1, 0.15) is 24.0 Å².